The molecule has 0 aromatic rings. The van der Waals surface area contributed by atoms with Crippen molar-refractivity contribution in [2.24, 2.45) is 0 Å². The van der Waals surface area contributed by atoms with E-state index >= 15 is 0 Å². The van der Waals surface area contributed by atoms with Crippen molar-refractivity contribution in [3.63, 3.8) is 0 Å². The minimum Gasteiger partial charge on any atom is -0.493 e. The second-order valence-corrected chi connectivity index (χ2v) is 4.56. The van der Waals surface area contributed by atoms with Crippen LogP contribution in [0.2, 0.25) is 0 Å². The van der Waals surface area contributed by atoms with Crippen molar-refractivity contribution in [3.05, 3.63) is 12.3 Å². The van der Waals surface area contributed by atoms with Crippen LogP contribution < -0.4 is 0 Å². The molecule has 0 saturated carbocycles. The van der Waals surface area contributed by atoms with E-state index in [0.29, 0.717) is 6.61 Å². The van der Waals surface area contributed by atoms with Gasteiger partial charge in [0.1, 0.15) is 18.3 Å². The Morgan fingerprint density at radius 1 is 1.11 bits per heavy atom. The lowest BCUT2D eigenvalue weighted by atomic mass is 10.1. The average molecular weight is 258 g/mol. The monoisotopic (exact) mass is 258 g/mol. The summed E-state index contributed by atoms with van der Waals surface area (Å²) >= 11 is 0. The highest BCUT2D eigenvalue weighted by molar-refractivity contribution is 4.98. The van der Waals surface area contributed by atoms with Crippen LogP contribution in [0.3, 0.4) is 0 Å². The Bertz CT molecular complexity index is 230. The summed E-state index contributed by atoms with van der Waals surface area (Å²) < 4.78 is 17.0. The maximum Gasteiger partial charge on any atom is 0.150 e. The standard InChI is InChI=1S/C14H26O4/c1-3-5-8-16-12-7-10-17-13(11-15)14(12)18-9-6-4-2/h7,10,12-15H,3-6,8-9,11H2,1-2H3. The van der Waals surface area contributed by atoms with Gasteiger partial charge in [-0.3, -0.25) is 0 Å². The largest absolute Gasteiger partial charge is 0.493 e. The molecule has 18 heavy (non-hydrogen) atoms. The summed E-state index contributed by atoms with van der Waals surface area (Å²) in [5, 5.41) is 9.31. The molecule has 1 heterocycles. The number of hydrogen-bond acceptors (Lipinski definition) is 4. The molecule has 0 amide bonds. The number of unbranched alkanes of at least 4 members (excludes halogenated alkanes) is 2. The molecule has 1 rings (SSSR count). The summed E-state index contributed by atoms with van der Waals surface area (Å²) in [6.07, 6.45) is 7.10. The Morgan fingerprint density at radius 3 is 2.39 bits per heavy atom. The van der Waals surface area contributed by atoms with Gasteiger partial charge in [-0.05, 0) is 18.9 Å². The zero-order chi connectivity index (χ0) is 13.2. The lowest BCUT2D eigenvalue weighted by Gasteiger charge is -2.33. The summed E-state index contributed by atoms with van der Waals surface area (Å²) in [7, 11) is 0. The van der Waals surface area contributed by atoms with E-state index in [4.69, 9.17) is 14.2 Å². The van der Waals surface area contributed by atoms with Gasteiger partial charge in [0.15, 0.2) is 0 Å². The predicted molar refractivity (Wildman–Crippen MR) is 70.4 cm³/mol. The molecular formula is C14H26O4. The van der Waals surface area contributed by atoms with E-state index in [2.05, 4.69) is 13.8 Å². The highest BCUT2D eigenvalue weighted by atomic mass is 16.6. The first-order valence-corrected chi connectivity index (χ1v) is 6.99. The van der Waals surface area contributed by atoms with Crippen LogP contribution in [0.5, 0.6) is 0 Å². The second kappa shape index (κ2) is 9.36. The van der Waals surface area contributed by atoms with Crippen molar-refractivity contribution < 1.29 is 19.3 Å². The molecule has 1 aliphatic rings. The van der Waals surface area contributed by atoms with E-state index in [-0.39, 0.29) is 24.9 Å². The van der Waals surface area contributed by atoms with Crippen LogP contribution in [0.25, 0.3) is 0 Å². The summed E-state index contributed by atoms with van der Waals surface area (Å²) in [4.78, 5) is 0. The predicted octanol–water partition coefficient (Wildman–Crippen LogP) is 2.26. The fourth-order valence-corrected chi connectivity index (χ4v) is 1.85. The Hall–Kier alpha value is -0.580. The first-order valence-electron chi connectivity index (χ1n) is 6.99. The zero-order valence-electron chi connectivity index (χ0n) is 11.5. The van der Waals surface area contributed by atoms with Crippen molar-refractivity contribution >= 4 is 0 Å². The van der Waals surface area contributed by atoms with Crippen LogP contribution in [0.4, 0.5) is 0 Å². The Morgan fingerprint density at radius 2 is 1.78 bits per heavy atom. The smallest absolute Gasteiger partial charge is 0.150 e. The second-order valence-electron chi connectivity index (χ2n) is 4.56. The van der Waals surface area contributed by atoms with Gasteiger partial charge < -0.3 is 19.3 Å². The van der Waals surface area contributed by atoms with Crippen LogP contribution in [0.1, 0.15) is 39.5 Å². The van der Waals surface area contributed by atoms with E-state index in [9.17, 15) is 5.11 Å². The third-order valence-electron chi connectivity index (χ3n) is 3.01. The van der Waals surface area contributed by atoms with Gasteiger partial charge in [-0.1, -0.05) is 26.7 Å². The van der Waals surface area contributed by atoms with E-state index in [0.717, 1.165) is 32.3 Å². The SMILES string of the molecule is CCCCOC1C=COC(CO)C1OCCCC. The quantitative estimate of drug-likeness (QED) is 0.644. The molecule has 0 spiro atoms. The Kier molecular flexibility index (Phi) is 8.05. The molecule has 3 unspecified atom stereocenters. The van der Waals surface area contributed by atoms with Gasteiger partial charge in [-0.25, -0.2) is 0 Å². The Balaban J connectivity index is 2.47. The third kappa shape index (κ3) is 4.96. The van der Waals surface area contributed by atoms with Crippen molar-refractivity contribution in [1.29, 1.82) is 0 Å². The molecule has 0 radical (unpaired) electrons. The normalized spacial score (nSPS) is 27.2. The molecule has 0 saturated heterocycles. The topological polar surface area (TPSA) is 47.9 Å². The van der Waals surface area contributed by atoms with Gasteiger partial charge in [-0.2, -0.15) is 0 Å². The minimum absolute atomic E-state index is 0.0469. The number of aliphatic hydroxyl groups is 1. The van der Waals surface area contributed by atoms with E-state index in [1.807, 2.05) is 6.08 Å². The third-order valence-corrected chi connectivity index (χ3v) is 3.01. The van der Waals surface area contributed by atoms with Crippen LogP contribution in [-0.4, -0.2) is 43.2 Å². The first-order chi connectivity index (χ1) is 8.83. The molecule has 4 nitrogen and oxygen atoms in total. The molecular weight excluding hydrogens is 232 g/mol. The Labute approximate surface area is 110 Å². The maximum absolute atomic E-state index is 9.31. The number of hydrogen-bond donors (Lipinski definition) is 1. The average Bonchev–Trinajstić information content (AvgIpc) is 2.40. The highest BCUT2D eigenvalue weighted by Gasteiger charge is 2.33. The highest BCUT2D eigenvalue weighted by Crippen LogP contribution is 2.19. The van der Waals surface area contributed by atoms with Crippen molar-refractivity contribution in [2.75, 3.05) is 19.8 Å². The molecule has 106 valence electrons. The van der Waals surface area contributed by atoms with Crippen LogP contribution >= 0.6 is 0 Å². The summed E-state index contributed by atoms with van der Waals surface area (Å²) in [6, 6.07) is 0. The van der Waals surface area contributed by atoms with E-state index < -0.39 is 0 Å². The molecule has 0 aliphatic carbocycles. The van der Waals surface area contributed by atoms with Crippen molar-refractivity contribution in [1.82, 2.24) is 0 Å². The molecule has 0 aromatic carbocycles. The van der Waals surface area contributed by atoms with Gasteiger partial charge in [0.25, 0.3) is 0 Å². The summed E-state index contributed by atoms with van der Waals surface area (Å²) in [5.74, 6) is 0. The number of ether oxygens (including phenoxy) is 3. The first kappa shape index (κ1) is 15.5. The van der Waals surface area contributed by atoms with Gasteiger partial charge in [0.05, 0.1) is 12.9 Å². The molecule has 3 atom stereocenters. The minimum atomic E-state index is -0.321. The lowest BCUT2D eigenvalue weighted by Crippen LogP contribution is -2.45. The van der Waals surface area contributed by atoms with E-state index in [1.54, 1.807) is 6.26 Å². The summed E-state index contributed by atoms with van der Waals surface area (Å²) in [5.41, 5.74) is 0. The summed E-state index contributed by atoms with van der Waals surface area (Å²) in [6.45, 7) is 5.61. The van der Waals surface area contributed by atoms with Crippen LogP contribution in [0.15, 0.2) is 12.3 Å². The van der Waals surface area contributed by atoms with Gasteiger partial charge >= 0.3 is 0 Å². The molecule has 4 heteroatoms. The molecule has 1 N–H and O–H groups in total. The molecule has 0 bridgehead atoms. The lowest BCUT2D eigenvalue weighted by molar-refractivity contribution is -0.132. The molecule has 0 fully saturated rings. The molecule has 0 aromatic heterocycles. The zero-order valence-corrected chi connectivity index (χ0v) is 11.5. The van der Waals surface area contributed by atoms with Gasteiger partial charge in [-0.15, -0.1) is 0 Å². The van der Waals surface area contributed by atoms with Crippen molar-refractivity contribution in [3.8, 4) is 0 Å². The van der Waals surface area contributed by atoms with Crippen LogP contribution in [0, 0.1) is 0 Å². The number of aliphatic hydroxyl groups excluding tert-OH is 1. The van der Waals surface area contributed by atoms with E-state index in [1.165, 1.54) is 0 Å². The van der Waals surface area contributed by atoms with Crippen LogP contribution in [-0.2, 0) is 14.2 Å². The molecule has 1 aliphatic heterocycles. The fourth-order valence-electron chi connectivity index (χ4n) is 1.85. The maximum atomic E-state index is 9.31. The number of rotatable bonds is 9. The van der Waals surface area contributed by atoms with Crippen molar-refractivity contribution in [2.45, 2.75) is 57.8 Å². The van der Waals surface area contributed by atoms with Gasteiger partial charge in [0.2, 0.25) is 0 Å². The van der Waals surface area contributed by atoms with Gasteiger partial charge in [0, 0.05) is 13.2 Å². The fraction of sp³-hybridized carbons (Fsp3) is 0.857.